The highest BCUT2D eigenvalue weighted by atomic mass is 35.5. The predicted octanol–water partition coefficient (Wildman–Crippen LogP) is 4.65. The summed E-state index contributed by atoms with van der Waals surface area (Å²) in [5, 5.41) is 15.1. The summed E-state index contributed by atoms with van der Waals surface area (Å²) in [4.78, 5) is 15.5. The third-order valence-corrected chi connectivity index (χ3v) is 4.70. The Bertz CT molecular complexity index is 933. The maximum Gasteiger partial charge on any atom is 0.293 e. The molecule has 0 aliphatic carbocycles. The molecule has 4 rings (SSSR count). The van der Waals surface area contributed by atoms with E-state index in [1.54, 1.807) is 12.1 Å². The van der Waals surface area contributed by atoms with Gasteiger partial charge in [-0.25, -0.2) is 4.98 Å². The van der Waals surface area contributed by atoms with Crippen LogP contribution in [0.3, 0.4) is 0 Å². The largest absolute Gasteiger partial charge is 0.436 e. The Labute approximate surface area is 154 Å². The van der Waals surface area contributed by atoms with Gasteiger partial charge in [-0.05, 0) is 31.0 Å². The average Bonchev–Trinajstić information content (AvgIpc) is 3.06. The monoisotopic (exact) mass is 373 g/mol. The highest BCUT2D eigenvalue weighted by Crippen LogP contribution is 2.38. The van der Waals surface area contributed by atoms with Gasteiger partial charge in [-0.1, -0.05) is 23.7 Å². The zero-order valence-electron chi connectivity index (χ0n) is 13.8. The first kappa shape index (κ1) is 16.8. The standard InChI is InChI=1S/C18H16ClN3O4/c19-13-10-15(20-11-5-7-25-8-6-11)16(22(23)24)9-12(13)18-21-14-3-1-2-4-17(14)26-18/h1-4,9-11,20H,5-8H2. The van der Waals surface area contributed by atoms with Crippen molar-refractivity contribution in [3.05, 3.63) is 51.5 Å². The number of halogens is 1. The SMILES string of the molecule is O=[N+]([O-])c1cc(-c2nc3ccccc3o2)c(Cl)cc1NC1CCOCC1. The van der Waals surface area contributed by atoms with E-state index in [2.05, 4.69) is 10.3 Å². The number of nitro groups is 1. The number of anilines is 1. The summed E-state index contributed by atoms with van der Waals surface area (Å²) < 4.78 is 11.0. The lowest BCUT2D eigenvalue weighted by Gasteiger charge is -2.24. The van der Waals surface area contributed by atoms with Gasteiger partial charge in [0, 0.05) is 25.3 Å². The van der Waals surface area contributed by atoms with Crippen molar-refractivity contribution in [1.82, 2.24) is 4.98 Å². The van der Waals surface area contributed by atoms with E-state index in [-0.39, 0.29) is 17.6 Å². The van der Waals surface area contributed by atoms with Gasteiger partial charge in [-0.3, -0.25) is 10.1 Å². The molecule has 7 nitrogen and oxygen atoms in total. The van der Waals surface area contributed by atoms with Crippen LogP contribution in [0.1, 0.15) is 12.8 Å². The molecule has 0 unspecified atom stereocenters. The molecule has 0 saturated carbocycles. The number of aromatic nitrogens is 1. The van der Waals surface area contributed by atoms with Crippen LogP contribution in [0.5, 0.6) is 0 Å². The zero-order valence-corrected chi connectivity index (χ0v) is 14.5. The lowest BCUT2D eigenvalue weighted by atomic mass is 10.1. The van der Waals surface area contributed by atoms with Crippen LogP contribution in [-0.2, 0) is 4.74 Å². The van der Waals surface area contributed by atoms with E-state index in [0.29, 0.717) is 40.6 Å². The predicted molar refractivity (Wildman–Crippen MR) is 98.6 cm³/mol. The Morgan fingerprint density at radius 2 is 2.00 bits per heavy atom. The van der Waals surface area contributed by atoms with Crippen LogP contribution in [0.4, 0.5) is 11.4 Å². The number of oxazole rings is 1. The van der Waals surface area contributed by atoms with Crippen LogP contribution in [-0.4, -0.2) is 29.2 Å². The fraction of sp³-hybridized carbons (Fsp3) is 0.278. The Morgan fingerprint density at radius 1 is 1.23 bits per heavy atom. The van der Waals surface area contributed by atoms with Crippen molar-refractivity contribution in [2.45, 2.75) is 18.9 Å². The number of hydrogen-bond donors (Lipinski definition) is 1. The first-order valence-electron chi connectivity index (χ1n) is 8.30. The number of benzene rings is 2. The fourth-order valence-corrected chi connectivity index (χ4v) is 3.29. The van der Waals surface area contributed by atoms with Crippen LogP contribution in [0.25, 0.3) is 22.6 Å². The van der Waals surface area contributed by atoms with E-state index >= 15 is 0 Å². The van der Waals surface area contributed by atoms with E-state index in [9.17, 15) is 10.1 Å². The van der Waals surface area contributed by atoms with E-state index in [1.807, 2.05) is 18.2 Å². The topological polar surface area (TPSA) is 90.4 Å². The number of nitrogens with one attached hydrogen (secondary N) is 1. The first-order chi connectivity index (χ1) is 12.6. The molecule has 2 heterocycles. The van der Waals surface area contributed by atoms with Gasteiger partial charge in [0.15, 0.2) is 5.58 Å². The van der Waals surface area contributed by atoms with Crippen LogP contribution < -0.4 is 5.32 Å². The molecule has 0 radical (unpaired) electrons. The minimum absolute atomic E-state index is 0.0573. The molecule has 0 bridgehead atoms. The molecule has 1 fully saturated rings. The van der Waals surface area contributed by atoms with Crippen molar-refractivity contribution in [2.75, 3.05) is 18.5 Å². The number of hydrogen-bond acceptors (Lipinski definition) is 6. The van der Waals surface area contributed by atoms with Gasteiger partial charge in [0.25, 0.3) is 5.69 Å². The van der Waals surface area contributed by atoms with Gasteiger partial charge >= 0.3 is 0 Å². The maximum absolute atomic E-state index is 11.6. The summed E-state index contributed by atoms with van der Waals surface area (Å²) in [6, 6.07) is 10.4. The maximum atomic E-state index is 11.6. The van der Waals surface area contributed by atoms with E-state index in [1.165, 1.54) is 6.07 Å². The summed E-state index contributed by atoms with van der Waals surface area (Å²) in [7, 11) is 0. The van der Waals surface area contributed by atoms with Crippen molar-refractivity contribution in [2.24, 2.45) is 0 Å². The molecule has 1 aliphatic rings. The summed E-state index contributed by atoms with van der Waals surface area (Å²) in [5.74, 6) is 0.261. The van der Waals surface area contributed by atoms with E-state index in [4.69, 9.17) is 20.8 Å². The smallest absolute Gasteiger partial charge is 0.293 e. The molecule has 0 spiro atoms. The Kier molecular flexibility index (Phi) is 4.48. The van der Waals surface area contributed by atoms with Crippen LogP contribution in [0.15, 0.2) is 40.8 Å². The van der Waals surface area contributed by atoms with Crippen molar-refractivity contribution < 1.29 is 14.1 Å². The van der Waals surface area contributed by atoms with Gasteiger partial charge in [0.05, 0.1) is 15.5 Å². The Balaban J connectivity index is 1.74. The molecule has 1 aliphatic heterocycles. The van der Waals surface area contributed by atoms with Gasteiger partial charge in [-0.15, -0.1) is 0 Å². The summed E-state index contributed by atoms with van der Waals surface area (Å²) in [6.45, 7) is 1.28. The van der Waals surface area contributed by atoms with Crippen LogP contribution in [0.2, 0.25) is 5.02 Å². The van der Waals surface area contributed by atoms with Gasteiger partial charge in [0.1, 0.15) is 11.2 Å². The molecular weight excluding hydrogens is 358 g/mol. The fourth-order valence-electron chi connectivity index (χ4n) is 3.04. The quantitative estimate of drug-likeness (QED) is 0.529. The van der Waals surface area contributed by atoms with Crippen molar-refractivity contribution >= 4 is 34.1 Å². The molecule has 3 aromatic rings. The first-order valence-corrected chi connectivity index (χ1v) is 8.68. The number of nitro benzene ring substituents is 1. The summed E-state index contributed by atoms with van der Waals surface area (Å²) in [6.07, 6.45) is 1.59. The zero-order chi connectivity index (χ0) is 18.1. The second-order valence-electron chi connectivity index (χ2n) is 6.12. The number of nitrogens with zero attached hydrogens (tertiary/aromatic N) is 2. The summed E-state index contributed by atoms with van der Waals surface area (Å²) >= 11 is 6.40. The molecule has 0 amide bonds. The highest BCUT2D eigenvalue weighted by molar-refractivity contribution is 6.33. The van der Waals surface area contributed by atoms with Gasteiger partial charge < -0.3 is 14.5 Å². The number of rotatable bonds is 4. The third-order valence-electron chi connectivity index (χ3n) is 4.39. The average molecular weight is 374 g/mol. The second kappa shape index (κ2) is 6.93. The molecule has 134 valence electrons. The molecular formula is C18H16ClN3O4. The molecule has 0 atom stereocenters. The Morgan fingerprint density at radius 3 is 2.73 bits per heavy atom. The van der Waals surface area contributed by atoms with E-state index in [0.717, 1.165) is 12.8 Å². The summed E-state index contributed by atoms with van der Waals surface area (Å²) in [5.41, 5.74) is 2.01. The second-order valence-corrected chi connectivity index (χ2v) is 6.53. The lowest BCUT2D eigenvalue weighted by Crippen LogP contribution is -2.28. The van der Waals surface area contributed by atoms with Gasteiger partial charge in [0.2, 0.25) is 5.89 Å². The molecule has 2 aromatic carbocycles. The number of para-hydroxylation sites is 2. The Hall–Kier alpha value is -2.64. The minimum atomic E-state index is -0.426. The minimum Gasteiger partial charge on any atom is -0.436 e. The van der Waals surface area contributed by atoms with Crippen molar-refractivity contribution in [3.63, 3.8) is 0 Å². The van der Waals surface area contributed by atoms with Crippen LogP contribution >= 0.6 is 11.6 Å². The molecule has 8 heteroatoms. The molecule has 1 aromatic heterocycles. The van der Waals surface area contributed by atoms with Crippen molar-refractivity contribution in [1.29, 1.82) is 0 Å². The molecule has 26 heavy (non-hydrogen) atoms. The lowest BCUT2D eigenvalue weighted by molar-refractivity contribution is -0.383. The third kappa shape index (κ3) is 3.23. The van der Waals surface area contributed by atoms with E-state index < -0.39 is 4.92 Å². The molecule has 1 N–H and O–H groups in total. The number of ether oxygens (including phenoxy) is 1. The number of fused-ring (bicyclic) bond motifs is 1. The normalized spacial score (nSPS) is 15.3. The van der Waals surface area contributed by atoms with Crippen molar-refractivity contribution in [3.8, 4) is 11.5 Å². The van der Waals surface area contributed by atoms with Gasteiger partial charge in [-0.2, -0.15) is 0 Å². The molecule has 1 saturated heterocycles. The van der Waals surface area contributed by atoms with Crippen LogP contribution in [0, 0.1) is 10.1 Å². The highest BCUT2D eigenvalue weighted by Gasteiger charge is 2.24.